The number of nitrogens with one attached hydrogen (secondary N) is 1. The molecule has 21 heavy (non-hydrogen) atoms. The van der Waals surface area contributed by atoms with Gasteiger partial charge in [0.15, 0.2) is 6.10 Å². The van der Waals surface area contributed by atoms with Crippen molar-refractivity contribution in [1.29, 1.82) is 5.26 Å². The van der Waals surface area contributed by atoms with Gasteiger partial charge in [0, 0.05) is 6.54 Å². The Bertz CT molecular complexity index is 672. The quantitative estimate of drug-likeness (QED) is 0.797. The molecule has 1 aromatic rings. The predicted octanol–water partition coefficient (Wildman–Crippen LogP) is 1.60. The van der Waals surface area contributed by atoms with Gasteiger partial charge in [0.1, 0.15) is 11.9 Å². The summed E-state index contributed by atoms with van der Waals surface area (Å²) in [6, 6.07) is 4.66. The van der Waals surface area contributed by atoms with Crippen molar-refractivity contribution in [2.45, 2.75) is 24.3 Å². The molecule has 0 spiro atoms. The van der Waals surface area contributed by atoms with E-state index in [9.17, 15) is 17.6 Å². The standard InChI is InChI=1S/C12H12ClFN2O4S/c1-8(7-15)20-12(17)4-5-16-21(18,19)9-2-3-11(14)10(13)6-9/h2-3,6,8,16H,4-5H2,1H3/t8-/m1/s1. The molecule has 1 aromatic carbocycles. The van der Waals surface area contributed by atoms with Crippen LogP contribution in [-0.4, -0.2) is 27.0 Å². The molecule has 6 nitrogen and oxygen atoms in total. The van der Waals surface area contributed by atoms with Crippen LogP contribution in [0, 0.1) is 17.1 Å². The first-order chi connectivity index (χ1) is 9.76. The number of hydrogen-bond donors (Lipinski definition) is 1. The SMILES string of the molecule is C[C@H](C#N)OC(=O)CCNS(=O)(=O)c1ccc(F)c(Cl)c1. The fourth-order valence-electron chi connectivity index (χ4n) is 1.30. The lowest BCUT2D eigenvalue weighted by molar-refractivity contribution is -0.145. The number of hydrogen-bond acceptors (Lipinski definition) is 5. The topological polar surface area (TPSA) is 96.3 Å². The van der Waals surface area contributed by atoms with E-state index in [-0.39, 0.29) is 22.9 Å². The summed E-state index contributed by atoms with van der Waals surface area (Å²) < 4.78 is 43.5. The first-order valence-corrected chi connectivity index (χ1v) is 7.66. The molecule has 0 aliphatic rings. The van der Waals surface area contributed by atoms with Crippen molar-refractivity contribution in [3.63, 3.8) is 0 Å². The number of esters is 1. The maximum absolute atomic E-state index is 13.0. The second kappa shape index (κ2) is 7.36. The van der Waals surface area contributed by atoms with Crippen LogP contribution in [0.5, 0.6) is 0 Å². The Kier molecular flexibility index (Phi) is 6.08. The van der Waals surface area contributed by atoms with Gasteiger partial charge in [0.2, 0.25) is 10.0 Å². The highest BCUT2D eigenvalue weighted by Gasteiger charge is 2.16. The molecule has 0 saturated heterocycles. The molecular formula is C12H12ClFN2O4S. The lowest BCUT2D eigenvalue weighted by Crippen LogP contribution is -2.27. The van der Waals surface area contributed by atoms with Gasteiger partial charge < -0.3 is 4.74 Å². The number of carbonyl (C=O) groups excluding carboxylic acids is 1. The highest BCUT2D eigenvalue weighted by molar-refractivity contribution is 7.89. The molecule has 0 aliphatic carbocycles. The van der Waals surface area contributed by atoms with Gasteiger partial charge in [-0.25, -0.2) is 17.5 Å². The molecule has 1 atom stereocenters. The van der Waals surface area contributed by atoms with Crippen LogP contribution in [0.4, 0.5) is 4.39 Å². The summed E-state index contributed by atoms with van der Waals surface area (Å²) in [6.45, 7) is 1.18. The number of rotatable bonds is 6. The lowest BCUT2D eigenvalue weighted by atomic mass is 10.3. The molecule has 0 amide bonds. The van der Waals surface area contributed by atoms with Gasteiger partial charge in [-0.15, -0.1) is 0 Å². The van der Waals surface area contributed by atoms with Crippen molar-refractivity contribution in [3.05, 3.63) is 29.0 Å². The zero-order chi connectivity index (χ0) is 16.0. The number of halogens is 2. The molecular weight excluding hydrogens is 323 g/mol. The monoisotopic (exact) mass is 334 g/mol. The lowest BCUT2D eigenvalue weighted by Gasteiger charge is -2.08. The van der Waals surface area contributed by atoms with Crippen molar-refractivity contribution in [2.24, 2.45) is 0 Å². The summed E-state index contributed by atoms with van der Waals surface area (Å²) in [4.78, 5) is 11.0. The summed E-state index contributed by atoms with van der Waals surface area (Å²) in [5.74, 6) is -1.44. The average Bonchev–Trinajstić information content (AvgIpc) is 2.41. The third-order valence-electron chi connectivity index (χ3n) is 2.31. The molecule has 0 saturated carbocycles. The van der Waals surface area contributed by atoms with E-state index < -0.39 is 27.9 Å². The number of ether oxygens (including phenoxy) is 1. The van der Waals surface area contributed by atoms with Gasteiger partial charge >= 0.3 is 5.97 Å². The van der Waals surface area contributed by atoms with Crippen molar-refractivity contribution >= 4 is 27.6 Å². The zero-order valence-electron chi connectivity index (χ0n) is 11.0. The molecule has 1 rings (SSSR count). The van der Waals surface area contributed by atoms with E-state index in [1.54, 1.807) is 6.07 Å². The van der Waals surface area contributed by atoms with Crippen LogP contribution in [0.1, 0.15) is 13.3 Å². The Hall–Kier alpha value is -1.69. The summed E-state index contributed by atoms with van der Waals surface area (Å²) in [5, 5.41) is 8.13. The Morgan fingerprint density at radius 3 is 2.81 bits per heavy atom. The van der Waals surface area contributed by atoms with E-state index in [4.69, 9.17) is 16.9 Å². The predicted molar refractivity (Wildman–Crippen MR) is 72.4 cm³/mol. The highest BCUT2D eigenvalue weighted by atomic mass is 35.5. The van der Waals surface area contributed by atoms with Crippen LogP contribution >= 0.6 is 11.6 Å². The maximum Gasteiger partial charge on any atom is 0.308 e. The van der Waals surface area contributed by atoms with Gasteiger partial charge in [-0.05, 0) is 25.1 Å². The van der Waals surface area contributed by atoms with Gasteiger partial charge in [-0.3, -0.25) is 4.79 Å². The molecule has 1 N–H and O–H groups in total. The molecule has 0 bridgehead atoms. The Balaban J connectivity index is 2.60. The van der Waals surface area contributed by atoms with E-state index in [1.165, 1.54) is 6.92 Å². The maximum atomic E-state index is 13.0. The Labute approximate surface area is 126 Å². The first-order valence-electron chi connectivity index (χ1n) is 5.80. The highest BCUT2D eigenvalue weighted by Crippen LogP contribution is 2.19. The summed E-state index contributed by atoms with van der Waals surface area (Å²) >= 11 is 5.51. The van der Waals surface area contributed by atoms with Gasteiger partial charge in [0.05, 0.1) is 16.3 Å². The minimum absolute atomic E-state index is 0.214. The smallest absolute Gasteiger partial charge is 0.308 e. The van der Waals surface area contributed by atoms with E-state index in [2.05, 4.69) is 9.46 Å². The van der Waals surface area contributed by atoms with Gasteiger partial charge in [-0.1, -0.05) is 11.6 Å². The normalized spacial score (nSPS) is 12.5. The minimum Gasteiger partial charge on any atom is -0.447 e. The molecule has 0 fully saturated rings. The Morgan fingerprint density at radius 1 is 1.57 bits per heavy atom. The fraction of sp³-hybridized carbons (Fsp3) is 0.333. The average molecular weight is 335 g/mol. The van der Waals surface area contributed by atoms with E-state index in [0.29, 0.717) is 0 Å². The van der Waals surface area contributed by atoms with Gasteiger partial charge in [0.25, 0.3) is 0 Å². The molecule has 114 valence electrons. The van der Waals surface area contributed by atoms with Crippen LogP contribution in [0.25, 0.3) is 0 Å². The molecule has 0 unspecified atom stereocenters. The van der Waals surface area contributed by atoms with E-state index in [0.717, 1.165) is 18.2 Å². The second-order valence-electron chi connectivity index (χ2n) is 3.98. The van der Waals surface area contributed by atoms with Gasteiger partial charge in [-0.2, -0.15) is 5.26 Å². The summed E-state index contributed by atoms with van der Waals surface area (Å²) in [7, 11) is -3.90. The number of nitrogens with zero attached hydrogens (tertiary/aromatic N) is 1. The van der Waals surface area contributed by atoms with Crippen molar-refractivity contribution in [1.82, 2.24) is 4.72 Å². The zero-order valence-corrected chi connectivity index (χ0v) is 12.5. The molecule has 0 radical (unpaired) electrons. The van der Waals surface area contributed by atoms with Crippen molar-refractivity contribution < 1.29 is 22.3 Å². The van der Waals surface area contributed by atoms with E-state index >= 15 is 0 Å². The van der Waals surface area contributed by atoms with Crippen LogP contribution in [-0.2, 0) is 19.6 Å². The third kappa shape index (κ3) is 5.30. The van der Waals surface area contributed by atoms with E-state index in [1.807, 2.05) is 0 Å². The minimum atomic E-state index is -3.90. The molecule has 0 aromatic heterocycles. The first kappa shape index (κ1) is 17.4. The summed E-state index contributed by atoms with van der Waals surface area (Å²) in [6.07, 6.45) is -1.13. The molecule has 0 heterocycles. The molecule has 9 heteroatoms. The molecule has 0 aliphatic heterocycles. The number of sulfonamides is 1. The second-order valence-corrected chi connectivity index (χ2v) is 6.16. The number of carbonyl (C=O) groups is 1. The largest absolute Gasteiger partial charge is 0.447 e. The Morgan fingerprint density at radius 2 is 2.24 bits per heavy atom. The van der Waals surface area contributed by atoms with Crippen molar-refractivity contribution in [3.8, 4) is 6.07 Å². The van der Waals surface area contributed by atoms with Crippen LogP contribution in [0.3, 0.4) is 0 Å². The van der Waals surface area contributed by atoms with Crippen LogP contribution in [0.15, 0.2) is 23.1 Å². The number of benzene rings is 1. The third-order valence-corrected chi connectivity index (χ3v) is 4.06. The van der Waals surface area contributed by atoms with Crippen molar-refractivity contribution in [2.75, 3.05) is 6.54 Å². The number of nitriles is 1. The fourth-order valence-corrected chi connectivity index (χ4v) is 2.60. The van der Waals surface area contributed by atoms with Crippen LogP contribution in [0.2, 0.25) is 5.02 Å². The summed E-state index contributed by atoms with van der Waals surface area (Å²) in [5.41, 5.74) is 0. The van der Waals surface area contributed by atoms with Crippen LogP contribution < -0.4 is 4.72 Å².